The molecule has 3 aliphatic heterocycles. The molecule has 0 aromatic heterocycles. The van der Waals surface area contributed by atoms with Crippen LogP contribution in [0.3, 0.4) is 0 Å². The zero-order valence-electron chi connectivity index (χ0n) is 53.3. The molecule has 2 amide bonds. The summed E-state index contributed by atoms with van der Waals surface area (Å²) < 4.78 is 56.3. The van der Waals surface area contributed by atoms with Crippen LogP contribution in [-0.2, 0) is 66.0 Å². The summed E-state index contributed by atoms with van der Waals surface area (Å²) in [4.78, 5) is 75.1. The van der Waals surface area contributed by atoms with Gasteiger partial charge in [0.05, 0.1) is 77.8 Å². The van der Waals surface area contributed by atoms with Gasteiger partial charge in [0.15, 0.2) is 0 Å². The number of unbranched alkanes of at least 4 members (excludes halogenated alkanes) is 12. The van der Waals surface area contributed by atoms with Crippen LogP contribution < -0.4 is 10.6 Å². The van der Waals surface area contributed by atoms with E-state index < -0.39 is 93.3 Å². The van der Waals surface area contributed by atoms with E-state index >= 15 is 0 Å². The molecule has 0 bridgehead atoms. The predicted molar refractivity (Wildman–Crippen MR) is 339 cm³/mol. The topological polar surface area (TPSA) is 403 Å². The number of thioether (sulfide) groups is 3. The second kappa shape index (κ2) is 46.6. The molecule has 30 heteroatoms. The summed E-state index contributed by atoms with van der Waals surface area (Å²) in [6.45, 7) is 2.63. The molecule has 12 N–H and O–H groups in total. The van der Waals surface area contributed by atoms with E-state index in [1.54, 1.807) is 56.1 Å². The van der Waals surface area contributed by atoms with E-state index in [1.807, 2.05) is 0 Å². The summed E-state index contributed by atoms with van der Waals surface area (Å²) in [5, 5.41) is 95.1. The van der Waals surface area contributed by atoms with E-state index in [4.69, 9.17) is 28.4 Å². The summed E-state index contributed by atoms with van der Waals surface area (Å²) in [6.07, 6.45) is 4.02. The molecule has 0 aromatic carbocycles. The molecule has 0 aromatic rings. The number of carbonyl (C=O) groups is 5. The van der Waals surface area contributed by atoms with Crippen LogP contribution in [0, 0.1) is 17.8 Å². The second-order valence-electron chi connectivity index (χ2n) is 23.9. The Morgan fingerprint density at radius 2 is 0.778 bits per heavy atom. The summed E-state index contributed by atoms with van der Waals surface area (Å²) in [6, 6.07) is 0. The van der Waals surface area contributed by atoms with Crippen LogP contribution in [0.4, 0.5) is 0 Å². The molecular weight excluding hydrogens is 1260 g/mol. The highest BCUT2D eigenvalue weighted by atomic mass is 32.2. The van der Waals surface area contributed by atoms with Gasteiger partial charge in [-0.25, -0.2) is 4.57 Å². The second-order valence-corrected chi connectivity index (χ2v) is 29.1. The SMILES string of the molecule is COP(=O)(O)OCNC(=O)CC(=O)NC(COCCC(=O)CCCCCCCS[C@@H]1OC(CO)[C@H](O)[C@H](O)C1C)(COCCC(=O)CCCCCCCS[C@@H]1OC(CO)[C@H](O)[C@H](O)C1C)COCCC(=O)CCCCCCCS[C@@H]1OC(CO)[C@H](O)[C@H](O)C1C. The number of carbonyl (C=O) groups excluding carboxylic acids is 5. The van der Waals surface area contributed by atoms with Crippen LogP contribution in [0.5, 0.6) is 0 Å². The minimum Gasteiger partial charge on any atom is -0.394 e. The highest BCUT2D eigenvalue weighted by molar-refractivity contribution is 8.00. The molecule has 3 fully saturated rings. The molecule has 3 rings (SSSR count). The molecule has 0 spiro atoms. The predicted octanol–water partition coefficient (Wildman–Crippen LogP) is 3.44. The average molecular weight is 1370 g/mol. The molecule has 3 heterocycles. The summed E-state index contributed by atoms with van der Waals surface area (Å²) in [5.41, 5.74) is -2.54. The van der Waals surface area contributed by atoms with E-state index in [9.17, 15) is 79.4 Å². The van der Waals surface area contributed by atoms with E-state index in [0.29, 0.717) is 38.5 Å². The quantitative estimate of drug-likeness (QED) is 0.0180. The van der Waals surface area contributed by atoms with Gasteiger partial charge in [-0.15, -0.1) is 35.3 Å². The largest absolute Gasteiger partial charge is 0.473 e. The number of ether oxygens (including phenoxy) is 6. The van der Waals surface area contributed by atoms with Crippen molar-refractivity contribution in [2.45, 2.75) is 239 Å². The third-order valence-electron chi connectivity index (χ3n) is 16.4. The minimum absolute atomic E-state index is 0.0337. The average Bonchev–Trinajstić information content (AvgIpc) is 2.69. The molecule has 0 radical (unpaired) electrons. The third-order valence-corrected chi connectivity index (χ3v) is 21.5. The van der Waals surface area contributed by atoms with Crippen LogP contribution in [-0.4, -0.2) is 247 Å². The summed E-state index contributed by atoms with van der Waals surface area (Å²) in [5.74, 6) is -0.406. The van der Waals surface area contributed by atoms with E-state index in [-0.39, 0.29) is 130 Å². The molecule has 26 nitrogen and oxygen atoms in total. The Kier molecular flexibility index (Phi) is 42.9. The Labute approximate surface area is 544 Å². The van der Waals surface area contributed by atoms with Gasteiger partial charge in [0.25, 0.3) is 0 Å². The molecule has 0 aliphatic carbocycles. The highest BCUT2D eigenvalue weighted by Crippen LogP contribution is 2.41. The van der Waals surface area contributed by atoms with Gasteiger partial charge in [-0.05, 0) is 55.8 Å². The highest BCUT2D eigenvalue weighted by Gasteiger charge is 2.44. The van der Waals surface area contributed by atoms with Crippen molar-refractivity contribution in [3.05, 3.63) is 0 Å². The number of aliphatic hydroxyl groups is 9. The number of Topliss-reactive ketones (excluding diaryl/α,β-unsaturated/α-hetero) is 3. The number of phosphoric ester groups is 1. The number of rotatable bonds is 52. The lowest BCUT2D eigenvalue weighted by molar-refractivity contribution is -0.181. The first-order valence-corrected chi connectivity index (χ1v) is 36.8. The number of aliphatic hydroxyl groups excluding tert-OH is 9. The summed E-state index contributed by atoms with van der Waals surface area (Å²) >= 11 is 4.62. The van der Waals surface area contributed by atoms with Crippen molar-refractivity contribution in [1.82, 2.24) is 10.6 Å². The molecule has 3 aliphatic rings. The smallest absolute Gasteiger partial charge is 0.394 e. The van der Waals surface area contributed by atoms with Gasteiger partial charge in [0, 0.05) is 63.4 Å². The number of hydrogen-bond donors (Lipinski definition) is 12. The van der Waals surface area contributed by atoms with Crippen LogP contribution in [0.15, 0.2) is 0 Å². The molecule has 7 unspecified atom stereocenters. The first-order chi connectivity index (χ1) is 43.0. The van der Waals surface area contributed by atoms with Crippen molar-refractivity contribution in [2.75, 3.05) is 90.6 Å². The van der Waals surface area contributed by atoms with E-state index in [0.717, 1.165) is 101 Å². The van der Waals surface area contributed by atoms with Gasteiger partial charge in [-0.2, -0.15) is 0 Å². The van der Waals surface area contributed by atoms with E-state index in [2.05, 4.69) is 19.7 Å². The first kappa shape index (κ1) is 82.7. The lowest BCUT2D eigenvalue weighted by Gasteiger charge is -2.40. The molecule has 90 heavy (non-hydrogen) atoms. The first-order valence-electron chi connectivity index (χ1n) is 32.1. The zero-order chi connectivity index (χ0) is 66.5. The maximum atomic E-state index is 13.6. The van der Waals surface area contributed by atoms with Crippen molar-refractivity contribution in [2.24, 2.45) is 17.8 Å². The maximum Gasteiger partial charge on any atom is 0.473 e. The standard InChI is InChI=1S/C60H109N2O24PS3/c1-40-51(71)54(74)46(33-63)84-57(40)88-29-17-11-5-8-14-20-43(66)23-26-80-36-60(62-50(70)32-49(69)61-39-83-87(77,78)79-4,37-81-27-24-44(67)21-15-9-6-12-18-30-89-58-41(2)52(72)55(75)47(34-64)85-58)38-82-28-25-45(68)22-16-10-7-13-19-31-90-59-42(3)53(73)56(76)48(35-65)86-59/h40-42,46-48,51-59,63-65,71-76H,5-39H2,1-4H3,(H,61,69)(H,62,70)(H,77,78)/t40?,41?,42?,46?,47?,48?,51-,52-,53-,54+,55+,56+,57+,58+,59+,60?/m1/s1. The lowest BCUT2D eigenvalue weighted by atomic mass is 9.94. The van der Waals surface area contributed by atoms with Crippen LogP contribution in [0.1, 0.15) is 162 Å². The van der Waals surface area contributed by atoms with Crippen molar-refractivity contribution in [1.29, 1.82) is 0 Å². The van der Waals surface area contributed by atoms with Crippen molar-refractivity contribution < 1.29 is 117 Å². The maximum absolute atomic E-state index is 13.6. The Morgan fingerprint density at radius 1 is 0.467 bits per heavy atom. The number of phosphoric acid groups is 1. The van der Waals surface area contributed by atoms with Crippen molar-refractivity contribution in [3.8, 4) is 0 Å². The lowest BCUT2D eigenvalue weighted by Crippen LogP contribution is -2.59. The number of amides is 2. The van der Waals surface area contributed by atoms with Gasteiger partial charge >= 0.3 is 7.82 Å². The zero-order valence-corrected chi connectivity index (χ0v) is 56.6. The summed E-state index contributed by atoms with van der Waals surface area (Å²) in [7, 11) is -3.50. The molecule has 3 saturated heterocycles. The molecule has 16 atom stereocenters. The number of ketones is 3. The number of hydrogen-bond acceptors (Lipinski definition) is 26. The normalized spacial score (nSPS) is 28.4. The van der Waals surface area contributed by atoms with Crippen LogP contribution >= 0.6 is 43.1 Å². The van der Waals surface area contributed by atoms with Gasteiger partial charge in [0.1, 0.15) is 89.0 Å². The van der Waals surface area contributed by atoms with Crippen LogP contribution in [0.25, 0.3) is 0 Å². The fourth-order valence-corrected chi connectivity index (χ4v) is 14.7. The fourth-order valence-electron chi connectivity index (χ4n) is 10.5. The minimum atomic E-state index is -4.44. The molecular formula is C60H109N2O24PS3. The Balaban J connectivity index is 1.53. The van der Waals surface area contributed by atoms with Gasteiger partial charge in [0.2, 0.25) is 11.8 Å². The van der Waals surface area contributed by atoms with E-state index in [1.165, 1.54) is 0 Å². The van der Waals surface area contributed by atoms with Crippen molar-refractivity contribution in [3.63, 3.8) is 0 Å². The fraction of sp³-hybridized carbons (Fsp3) is 0.917. The van der Waals surface area contributed by atoms with Crippen molar-refractivity contribution >= 4 is 72.3 Å². The molecule has 0 saturated carbocycles. The Hall–Kier alpha value is -1.49. The Bertz CT molecular complexity index is 1880. The van der Waals surface area contributed by atoms with Gasteiger partial charge in [-0.3, -0.25) is 33.0 Å². The third kappa shape index (κ3) is 32.0. The molecule has 526 valence electrons. The van der Waals surface area contributed by atoms with Crippen LogP contribution in [0.2, 0.25) is 0 Å². The monoisotopic (exact) mass is 1370 g/mol. The Morgan fingerprint density at radius 3 is 1.09 bits per heavy atom. The number of nitrogens with one attached hydrogen (secondary N) is 2. The van der Waals surface area contributed by atoms with Gasteiger partial charge < -0.3 is 89.9 Å². The van der Waals surface area contributed by atoms with Gasteiger partial charge in [-0.1, -0.05) is 78.6 Å².